The molecule has 8 heteroatoms. The second kappa shape index (κ2) is 13.3. The maximum atomic E-state index is 12.3. The third kappa shape index (κ3) is 9.54. The number of guanidine groups is 1. The lowest BCUT2D eigenvalue weighted by Crippen LogP contribution is -2.37. The molecule has 23 heavy (non-hydrogen) atoms. The first-order valence-corrected chi connectivity index (χ1v) is 7.22. The first kappa shape index (κ1) is 21.8. The van der Waals surface area contributed by atoms with E-state index in [1.165, 1.54) is 6.07 Å². The molecule has 0 aliphatic carbocycles. The zero-order valence-electron chi connectivity index (χ0n) is 13.4. The van der Waals surface area contributed by atoms with Gasteiger partial charge in [-0.15, -0.1) is 24.0 Å². The molecule has 1 aromatic carbocycles. The normalized spacial score (nSPS) is 11.1. The predicted molar refractivity (Wildman–Crippen MR) is 97.8 cm³/mol. The van der Waals surface area contributed by atoms with Crippen molar-refractivity contribution in [1.29, 1.82) is 0 Å². The van der Waals surface area contributed by atoms with E-state index in [-0.39, 0.29) is 29.7 Å². The predicted octanol–water partition coefficient (Wildman–Crippen LogP) is 3.00. The monoisotopic (exact) mass is 443 g/mol. The SMILES string of the molecule is CCOCCCNC(=NC)NCc1ccccc1OC(F)F.I. The van der Waals surface area contributed by atoms with Gasteiger partial charge in [-0.3, -0.25) is 4.99 Å². The Kier molecular flexibility index (Phi) is 12.6. The van der Waals surface area contributed by atoms with Crippen molar-refractivity contribution in [2.75, 3.05) is 26.8 Å². The number of hydrogen-bond donors (Lipinski definition) is 2. The van der Waals surface area contributed by atoms with E-state index in [1.54, 1.807) is 25.2 Å². The maximum absolute atomic E-state index is 12.3. The van der Waals surface area contributed by atoms with Gasteiger partial charge in [0, 0.05) is 38.9 Å². The van der Waals surface area contributed by atoms with Gasteiger partial charge in [0.05, 0.1) is 0 Å². The van der Waals surface area contributed by atoms with Crippen LogP contribution < -0.4 is 15.4 Å². The number of nitrogens with zero attached hydrogens (tertiary/aromatic N) is 1. The Hall–Kier alpha value is -1.16. The summed E-state index contributed by atoms with van der Waals surface area (Å²) in [6.07, 6.45) is 0.861. The van der Waals surface area contributed by atoms with Crippen molar-refractivity contribution < 1.29 is 18.3 Å². The molecule has 0 fully saturated rings. The summed E-state index contributed by atoms with van der Waals surface area (Å²) >= 11 is 0. The van der Waals surface area contributed by atoms with Crippen LogP contribution in [0.4, 0.5) is 8.78 Å². The van der Waals surface area contributed by atoms with Gasteiger partial charge in [0.2, 0.25) is 0 Å². The van der Waals surface area contributed by atoms with Gasteiger partial charge in [-0.05, 0) is 19.4 Å². The van der Waals surface area contributed by atoms with Crippen LogP contribution in [0.1, 0.15) is 18.9 Å². The van der Waals surface area contributed by atoms with Crippen molar-refractivity contribution in [2.45, 2.75) is 26.5 Å². The van der Waals surface area contributed by atoms with Crippen LogP contribution in [-0.4, -0.2) is 39.4 Å². The van der Waals surface area contributed by atoms with E-state index < -0.39 is 6.61 Å². The molecule has 2 N–H and O–H groups in total. The fraction of sp³-hybridized carbons (Fsp3) is 0.533. The highest BCUT2D eigenvalue weighted by atomic mass is 127. The van der Waals surface area contributed by atoms with E-state index in [0.717, 1.165) is 13.0 Å². The van der Waals surface area contributed by atoms with Gasteiger partial charge in [0.25, 0.3) is 0 Å². The van der Waals surface area contributed by atoms with Gasteiger partial charge in [-0.25, -0.2) is 0 Å². The van der Waals surface area contributed by atoms with Crippen LogP contribution in [-0.2, 0) is 11.3 Å². The minimum absolute atomic E-state index is 0. The van der Waals surface area contributed by atoms with Gasteiger partial charge >= 0.3 is 6.61 Å². The molecule has 0 saturated carbocycles. The van der Waals surface area contributed by atoms with Crippen LogP contribution in [0.5, 0.6) is 5.75 Å². The maximum Gasteiger partial charge on any atom is 0.387 e. The van der Waals surface area contributed by atoms with Gasteiger partial charge in [-0.1, -0.05) is 18.2 Å². The van der Waals surface area contributed by atoms with E-state index >= 15 is 0 Å². The van der Waals surface area contributed by atoms with Crippen LogP contribution in [0.15, 0.2) is 29.3 Å². The molecule has 0 radical (unpaired) electrons. The first-order chi connectivity index (χ1) is 10.7. The molecule has 0 heterocycles. The lowest BCUT2D eigenvalue weighted by molar-refractivity contribution is -0.0504. The Bertz CT molecular complexity index is 462. The number of aliphatic imine (C=N–C) groups is 1. The largest absolute Gasteiger partial charge is 0.434 e. The Labute approximate surface area is 152 Å². The lowest BCUT2D eigenvalue weighted by Gasteiger charge is -2.14. The van der Waals surface area contributed by atoms with Gasteiger partial charge < -0.3 is 20.1 Å². The van der Waals surface area contributed by atoms with Crippen LogP contribution in [0.25, 0.3) is 0 Å². The standard InChI is InChI=1S/C15H23F2N3O2.HI/c1-3-21-10-6-9-19-15(18-2)20-11-12-7-4-5-8-13(12)22-14(16)17;/h4-5,7-8,14H,3,6,9-11H2,1-2H3,(H2,18,19,20);1H. The van der Waals surface area contributed by atoms with E-state index in [0.29, 0.717) is 31.3 Å². The molecule has 0 saturated heterocycles. The van der Waals surface area contributed by atoms with E-state index in [4.69, 9.17) is 4.74 Å². The van der Waals surface area contributed by atoms with Crippen molar-refractivity contribution in [2.24, 2.45) is 4.99 Å². The quantitative estimate of drug-likeness (QED) is 0.267. The molecule has 0 aliphatic heterocycles. The van der Waals surface area contributed by atoms with Crippen molar-refractivity contribution >= 4 is 29.9 Å². The van der Waals surface area contributed by atoms with E-state index in [9.17, 15) is 8.78 Å². The summed E-state index contributed by atoms with van der Waals surface area (Å²) in [6.45, 7) is 1.56. The molecule has 0 amide bonds. The van der Waals surface area contributed by atoms with Crippen molar-refractivity contribution in [3.63, 3.8) is 0 Å². The molecule has 5 nitrogen and oxygen atoms in total. The van der Waals surface area contributed by atoms with Crippen molar-refractivity contribution in [1.82, 2.24) is 10.6 Å². The topological polar surface area (TPSA) is 54.9 Å². The third-order valence-corrected chi connectivity index (χ3v) is 2.82. The average molecular weight is 443 g/mol. The Balaban J connectivity index is 0.00000484. The fourth-order valence-electron chi connectivity index (χ4n) is 1.79. The van der Waals surface area contributed by atoms with Crippen LogP contribution in [0.2, 0.25) is 0 Å². The second-order valence-electron chi connectivity index (χ2n) is 4.39. The molecule has 1 rings (SSSR count). The Morgan fingerprint density at radius 3 is 2.65 bits per heavy atom. The third-order valence-electron chi connectivity index (χ3n) is 2.82. The second-order valence-corrected chi connectivity index (χ2v) is 4.39. The summed E-state index contributed by atoms with van der Waals surface area (Å²) in [5, 5.41) is 6.19. The zero-order valence-corrected chi connectivity index (χ0v) is 15.7. The van der Waals surface area contributed by atoms with Gasteiger partial charge in [-0.2, -0.15) is 8.78 Å². The van der Waals surface area contributed by atoms with Gasteiger partial charge in [0.15, 0.2) is 5.96 Å². The number of halogens is 3. The number of nitrogens with one attached hydrogen (secondary N) is 2. The van der Waals surface area contributed by atoms with Crippen molar-refractivity contribution in [3.05, 3.63) is 29.8 Å². The summed E-state index contributed by atoms with van der Waals surface area (Å²) in [5.41, 5.74) is 0.639. The average Bonchev–Trinajstić information content (AvgIpc) is 2.51. The molecule has 0 bridgehead atoms. The van der Waals surface area contributed by atoms with Crippen molar-refractivity contribution in [3.8, 4) is 5.75 Å². The van der Waals surface area contributed by atoms with E-state index in [2.05, 4.69) is 20.4 Å². The molecule has 0 spiro atoms. The summed E-state index contributed by atoms with van der Waals surface area (Å²) < 4.78 is 34.4. The summed E-state index contributed by atoms with van der Waals surface area (Å²) in [4.78, 5) is 4.08. The number of alkyl halides is 2. The first-order valence-electron chi connectivity index (χ1n) is 7.22. The highest BCUT2D eigenvalue weighted by Crippen LogP contribution is 2.19. The van der Waals surface area contributed by atoms with Crippen LogP contribution in [0.3, 0.4) is 0 Å². The smallest absolute Gasteiger partial charge is 0.387 e. The minimum atomic E-state index is -2.84. The number of para-hydroxylation sites is 1. The fourth-order valence-corrected chi connectivity index (χ4v) is 1.79. The number of ether oxygens (including phenoxy) is 2. The van der Waals surface area contributed by atoms with Crippen LogP contribution in [0, 0.1) is 0 Å². The number of rotatable bonds is 9. The molecule has 1 aromatic rings. The molecular formula is C15H24F2IN3O2. The Morgan fingerprint density at radius 2 is 2.00 bits per heavy atom. The lowest BCUT2D eigenvalue weighted by atomic mass is 10.2. The Morgan fingerprint density at radius 1 is 1.26 bits per heavy atom. The highest BCUT2D eigenvalue weighted by Gasteiger charge is 2.09. The molecular weight excluding hydrogens is 419 g/mol. The molecule has 0 unspecified atom stereocenters. The molecule has 0 aromatic heterocycles. The number of benzene rings is 1. The molecule has 0 aliphatic rings. The van der Waals surface area contributed by atoms with E-state index in [1.807, 2.05) is 6.92 Å². The summed E-state index contributed by atoms with van der Waals surface area (Å²) in [7, 11) is 1.65. The zero-order chi connectivity index (χ0) is 16.2. The summed E-state index contributed by atoms with van der Waals surface area (Å²) in [5.74, 6) is 0.764. The molecule has 0 atom stereocenters. The number of hydrogen-bond acceptors (Lipinski definition) is 3. The highest BCUT2D eigenvalue weighted by molar-refractivity contribution is 14.0. The minimum Gasteiger partial charge on any atom is -0.434 e. The van der Waals surface area contributed by atoms with Gasteiger partial charge in [0.1, 0.15) is 5.75 Å². The molecule has 132 valence electrons. The van der Waals surface area contributed by atoms with Crippen LogP contribution >= 0.6 is 24.0 Å². The summed E-state index contributed by atoms with van der Waals surface area (Å²) in [6, 6.07) is 6.67.